The smallest absolute Gasteiger partial charge is 0.123 e. The van der Waals surface area contributed by atoms with Crippen LogP contribution in [0.3, 0.4) is 0 Å². The summed E-state index contributed by atoms with van der Waals surface area (Å²) >= 11 is 0. The van der Waals surface area contributed by atoms with E-state index in [0.29, 0.717) is 11.8 Å². The van der Waals surface area contributed by atoms with Crippen LogP contribution >= 0.6 is 0 Å². The molecule has 0 nitrogen and oxygen atoms in total. The number of hydrogen-bond acceptors (Lipinski definition) is 0. The first-order valence-electron chi connectivity index (χ1n) is 13.4. The summed E-state index contributed by atoms with van der Waals surface area (Å²) in [5, 5.41) is 2.62. The Morgan fingerprint density at radius 3 is 1.73 bits per heavy atom. The molecule has 0 aliphatic carbocycles. The van der Waals surface area contributed by atoms with Crippen LogP contribution in [0.5, 0.6) is 0 Å². The first-order valence-corrected chi connectivity index (χ1v) is 13.4. The lowest BCUT2D eigenvalue weighted by Crippen LogP contribution is -2.08. The topological polar surface area (TPSA) is 0 Å². The molecule has 0 spiro atoms. The fraction of sp³-hybridized carbons (Fsp3) is 0.222. The Hall–Kier alpha value is -3.71. The van der Waals surface area contributed by atoms with E-state index in [0.717, 1.165) is 31.2 Å². The summed E-state index contributed by atoms with van der Waals surface area (Å²) in [5.41, 5.74) is 7.53. The van der Waals surface area contributed by atoms with E-state index in [1.165, 1.54) is 44.7 Å². The standard InChI is InChI=1S/C36H35F/c1-26(20-28-12-5-3-6-13-28)22-31-25-35(30-16-11-17-32(37)24-30)36(34-19-10-9-18-33(31)34)23-27(2)21-29-14-7-4-8-15-29/h3-19,24-27H,20-23H2,1-2H3. The van der Waals surface area contributed by atoms with E-state index in [9.17, 15) is 4.39 Å². The molecule has 186 valence electrons. The second-order valence-electron chi connectivity index (χ2n) is 10.6. The van der Waals surface area contributed by atoms with Crippen LogP contribution in [0.1, 0.15) is 36.1 Å². The Balaban J connectivity index is 1.55. The predicted octanol–water partition coefficient (Wildman–Crippen LogP) is 9.49. The number of fused-ring (bicyclic) bond motifs is 1. The summed E-state index contributed by atoms with van der Waals surface area (Å²) in [4.78, 5) is 0. The van der Waals surface area contributed by atoms with Crippen molar-refractivity contribution in [3.63, 3.8) is 0 Å². The third-order valence-corrected chi connectivity index (χ3v) is 7.35. The Kier molecular flexibility index (Phi) is 7.80. The van der Waals surface area contributed by atoms with Gasteiger partial charge >= 0.3 is 0 Å². The van der Waals surface area contributed by atoms with Gasteiger partial charge in [-0.3, -0.25) is 0 Å². The average Bonchev–Trinajstić information content (AvgIpc) is 2.91. The van der Waals surface area contributed by atoms with E-state index < -0.39 is 0 Å². The Labute approximate surface area is 220 Å². The van der Waals surface area contributed by atoms with Gasteiger partial charge < -0.3 is 0 Å². The predicted molar refractivity (Wildman–Crippen MR) is 155 cm³/mol. The van der Waals surface area contributed by atoms with E-state index in [1.54, 1.807) is 6.07 Å². The normalized spacial score (nSPS) is 12.9. The van der Waals surface area contributed by atoms with Crippen LogP contribution in [0.4, 0.5) is 4.39 Å². The number of halogens is 1. The van der Waals surface area contributed by atoms with Crippen LogP contribution < -0.4 is 0 Å². The summed E-state index contributed by atoms with van der Waals surface area (Å²) in [6, 6.07) is 39.7. The monoisotopic (exact) mass is 486 g/mol. The molecule has 0 N–H and O–H groups in total. The third kappa shape index (κ3) is 6.17. The zero-order chi connectivity index (χ0) is 25.6. The first kappa shape index (κ1) is 25.0. The molecule has 5 aromatic carbocycles. The molecule has 0 aliphatic heterocycles. The maximum Gasteiger partial charge on any atom is 0.123 e. The zero-order valence-electron chi connectivity index (χ0n) is 21.8. The molecule has 0 saturated heterocycles. The second kappa shape index (κ2) is 11.6. The first-order chi connectivity index (χ1) is 18.1. The fourth-order valence-electron chi connectivity index (χ4n) is 5.71. The average molecular weight is 487 g/mol. The van der Waals surface area contributed by atoms with E-state index >= 15 is 0 Å². The SMILES string of the molecule is CC(Cc1ccccc1)Cc1cc(-c2cccc(F)c2)c(CC(C)Cc2ccccc2)c2ccccc12. The Morgan fingerprint density at radius 2 is 1.11 bits per heavy atom. The lowest BCUT2D eigenvalue weighted by Gasteiger charge is -2.22. The molecule has 1 heteroatoms. The second-order valence-corrected chi connectivity index (χ2v) is 10.6. The lowest BCUT2D eigenvalue weighted by molar-refractivity contribution is 0.576. The molecular formula is C36H35F. The number of benzene rings is 5. The summed E-state index contributed by atoms with van der Waals surface area (Å²) in [5.74, 6) is 0.767. The van der Waals surface area contributed by atoms with Crippen molar-refractivity contribution in [1.82, 2.24) is 0 Å². The van der Waals surface area contributed by atoms with Crippen LogP contribution in [-0.4, -0.2) is 0 Å². The molecule has 0 radical (unpaired) electrons. The molecule has 0 fully saturated rings. The van der Waals surface area contributed by atoms with Crippen molar-refractivity contribution >= 4 is 10.8 Å². The van der Waals surface area contributed by atoms with Crippen LogP contribution in [0.15, 0.2) is 115 Å². The van der Waals surface area contributed by atoms with Gasteiger partial charge in [0.05, 0.1) is 0 Å². The fourth-order valence-corrected chi connectivity index (χ4v) is 5.71. The van der Waals surface area contributed by atoms with Gasteiger partial charge in [-0.05, 0) is 93.8 Å². The quantitative estimate of drug-likeness (QED) is 0.195. The molecule has 0 bridgehead atoms. The molecule has 5 aromatic rings. The molecule has 0 heterocycles. The van der Waals surface area contributed by atoms with Gasteiger partial charge in [0, 0.05) is 0 Å². The van der Waals surface area contributed by atoms with Gasteiger partial charge in [-0.25, -0.2) is 4.39 Å². The van der Waals surface area contributed by atoms with Gasteiger partial charge in [0.15, 0.2) is 0 Å². The highest BCUT2D eigenvalue weighted by atomic mass is 19.1. The largest absolute Gasteiger partial charge is 0.207 e. The number of rotatable bonds is 9. The van der Waals surface area contributed by atoms with Crippen LogP contribution in [0.25, 0.3) is 21.9 Å². The minimum atomic E-state index is -0.187. The maximum atomic E-state index is 14.4. The molecule has 5 rings (SSSR count). The van der Waals surface area contributed by atoms with Crippen molar-refractivity contribution in [2.45, 2.75) is 39.5 Å². The van der Waals surface area contributed by atoms with E-state index in [1.807, 2.05) is 6.07 Å². The summed E-state index contributed by atoms with van der Waals surface area (Å²) < 4.78 is 14.4. The van der Waals surface area contributed by atoms with Crippen molar-refractivity contribution in [2.24, 2.45) is 11.8 Å². The highest BCUT2D eigenvalue weighted by Crippen LogP contribution is 2.36. The third-order valence-electron chi connectivity index (χ3n) is 7.35. The van der Waals surface area contributed by atoms with Crippen LogP contribution in [0.2, 0.25) is 0 Å². The van der Waals surface area contributed by atoms with Gasteiger partial charge in [0.1, 0.15) is 5.82 Å². The van der Waals surface area contributed by atoms with Gasteiger partial charge in [-0.2, -0.15) is 0 Å². The van der Waals surface area contributed by atoms with Crippen molar-refractivity contribution in [3.8, 4) is 11.1 Å². The Bertz CT molecular complexity index is 1450. The summed E-state index contributed by atoms with van der Waals surface area (Å²) in [6.45, 7) is 4.66. The summed E-state index contributed by atoms with van der Waals surface area (Å²) in [7, 11) is 0. The molecule has 0 amide bonds. The van der Waals surface area contributed by atoms with Gasteiger partial charge in [0.25, 0.3) is 0 Å². The van der Waals surface area contributed by atoms with Crippen LogP contribution in [0, 0.1) is 17.7 Å². The number of hydrogen-bond donors (Lipinski definition) is 0. The van der Waals surface area contributed by atoms with Gasteiger partial charge in [0.2, 0.25) is 0 Å². The van der Waals surface area contributed by atoms with Crippen molar-refractivity contribution in [1.29, 1.82) is 0 Å². The lowest BCUT2D eigenvalue weighted by atomic mass is 9.83. The van der Waals surface area contributed by atoms with E-state index in [-0.39, 0.29) is 5.82 Å². The van der Waals surface area contributed by atoms with Crippen molar-refractivity contribution in [2.75, 3.05) is 0 Å². The van der Waals surface area contributed by atoms with Gasteiger partial charge in [-0.15, -0.1) is 0 Å². The molecule has 2 atom stereocenters. The molecular weight excluding hydrogens is 451 g/mol. The minimum absolute atomic E-state index is 0.187. The van der Waals surface area contributed by atoms with Crippen molar-refractivity contribution in [3.05, 3.63) is 143 Å². The molecule has 2 unspecified atom stereocenters. The highest BCUT2D eigenvalue weighted by molar-refractivity contribution is 5.94. The maximum absolute atomic E-state index is 14.4. The zero-order valence-corrected chi connectivity index (χ0v) is 21.8. The molecule has 0 saturated carbocycles. The van der Waals surface area contributed by atoms with Gasteiger partial charge in [-0.1, -0.05) is 117 Å². The molecule has 37 heavy (non-hydrogen) atoms. The Morgan fingerprint density at radius 1 is 0.541 bits per heavy atom. The van der Waals surface area contributed by atoms with E-state index in [4.69, 9.17) is 0 Å². The minimum Gasteiger partial charge on any atom is -0.207 e. The van der Waals surface area contributed by atoms with Crippen LogP contribution in [-0.2, 0) is 25.7 Å². The molecule has 0 aromatic heterocycles. The van der Waals surface area contributed by atoms with E-state index in [2.05, 4.69) is 111 Å². The highest BCUT2D eigenvalue weighted by Gasteiger charge is 2.18. The summed E-state index contributed by atoms with van der Waals surface area (Å²) in [6.07, 6.45) is 3.99. The molecule has 0 aliphatic rings. The van der Waals surface area contributed by atoms with Crippen molar-refractivity contribution < 1.29 is 4.39 Å².